The molecule has 1 N–H and O–H groups in total. The van der Waals surface area contributed by atoms with Crippen molar-refractivity contribution in [2.24, 2.45) is 4.99 Å². The van der Waals surface area contributed by atoms with Crippen molar-refractivity contribution < 1.29 is 14.5 Å². The zero-order valence-corrected chi connectivity index (χ0v) is 12.1. The fraction of sp³-hybridized carbons (Fsp3) is 0.308. The van der Waals surface area contributed by atoms with Crippen LogP contribution in [0.25, 0.3) is 0 Å². The first-order chi connectivity index (χ1) is 9.95. The number of hydrogen-bond acceptors (Lipinski definition) is 6. The number of nitrogens with one attached hydrogen (secondary N) is 1. The lowest BCUT2D eigenvalue weighted by molar-refractivity contribution is -0.384. The fourth-order valence-corrected chi connectivity index (χ4v) is 2.65. The average molecular weight is 307 g/mol. The summed E-state index contributed by atoms with van der Waals surface area (Å²) in [5, 5.41) is 13.6. The van der Waals surface area contributed by atoms with Crippen LogP contribution in [0.4, 0.5) is 5.69 Å². The number of Topliss-reactive ketones (excluding diaryl/α,β-unsaturated/α-hetero) is 1. The Hall–Kier alpha value is -2.22. The Balaban J connectivity index is 1.95. The summed E-state index contributed by atoms with van der Waals surface area (Å²) in [6.07, 6.45) is 0.348. The van der Waals surface area contributed by atoms with Crippen LogP contribution in [-0.2, 0) is 4.79 Å². The lowest BCUT2D eigenvalue weighted by Crippen LogP contribution is -2.36. The van der Waals surface area contributed by atoms with E-state index in [9.17, 15) is 19.7 Å². The second-order valence-electron chi connectivity index (χ2n) is 4.55. The Kier molecular flexibility index (Phi) is 4.69. The summed E-state index contributed by atoms with van der Waals surface area (Å²) in [6, 6.07) is 5.34. The second kappa shape index (κ2) is 6.49. The molecule has 0 saturated heterocycles. The maximum absolute atomic E-state index is 12.0. The van der Waals surface area contributed by atoms with Gasteiger partial charge in [-0.05, 0) is 19.1 Å². The molecule has 0 unspecified atom stereocenters. The summed E-state index contributed by atoms with van der Waals surface area (Å²) >= 11 is 1.15. The third kappa shape index (κ3) is 4.12. The van der Waals surface area contributed by atoms with Gasteiger partial charge in [-0.2, -0.15) is 0 Å². The zero-order valence-electron chi connectivity index (χ0n) is 11.2. The van der Waals surface area contributed by atoms with Crippen molar-refractivity contribution in [2.45, 2.75) is 19.4 Å². The number of non-ortho nitro benzene ring substituents is 1. The van der Waals surface area contributed by atoms with Crippen molar-refractivity contribution in [3.05, 3.63) is 39.9 Å². The SMILES string of the molecule is C[C@H]1CC(=O)NC(SCC(=O)c2ccc([N+](=O)[O-])cc2)=N1. The van der Waals surface area contributed by atoms with Crippen molar-refractivity contribution in [3.63, 3.8) is 0 Å². The van der Waals surface area contributed by atoms with Gasteiger partial charge >= 0.3 is 0 Å². The number of aliphatic imine (C=N–C) groups is 1. The highest BCUT2D eigenvalue weighted by Crippen LogP contribution is 2.16. The molecule has 8 heteroatoms. The van der Waals surface area contributed by atoms with Crippen molar-refractivity contribution in [1.82, 2.24) is 5.32 Å². The second-order valence-corrected chi connectivity index (χ2v) is 5.52. The van der Waals surface area contributed by atoms with Crippen molar-refractivity contribution in [1.29, 1.82) is 0 Å². The van der Waals surface area contributed by atoms with Crippen LogP contribution in [0, 0.1) is 10.1 Å². The predicted octanol–water partition coefficient (Wildman–Crippen LogP) is 1.78. The van der Waals surface area contributed by atoms with E-state index in [-0.39, 0.29) is 29.2 Å². The Bertz CT molecular complexity index is 612. The number of thioether (sulfide) groups is 1. The lowest BCUT2D eigenvalue weighted by Gasteiger charge is -2.16. The minimum atomic E-state index is -0.517. The molecular formula is C13H13N3O4S. The first kappa shape index (κ1) is 15.2. The van der Waals surface area contributed by atoms with Gasteiger partial charge in [0.05, 0.1) is 16.7 Å². The number of ketones is 1. The van der Waals surface area contributed by atoms with Gasteiger partial charge in [-0.3, -0.25) is 24.7 Å². The van der Waals surface area contributed by atoms with Crippen LogP contribution < -0.4 is 5.32 Å². The molecule has 1 aliphatic heterocycles. The topological polar surface area (TPSA) is 102 Å². The number of nitrogens with zero attached hydrogens (tertiary/aromatic N) is 2. The van der Waals surface area contributed by atoms with E-state index >= 15 is 0 Å². The molecule has 0 aromatic heterocycles. The third-order valence-corrected chi connectivity index (χ3v) is 3.69. The minimum absolute atomic E-state index is 0.0584. The van der Waals surface area contributed by atoms with E-state index < -0.39 is 4.92 Å². The molecule has 1 aromatic carbocycles. The van der Waals surface area contributed by atoms with Crippen LogP contribution in [0.1, 0.15) is 23.7 Å². The number of hydrogen-bond donors (Lipinski definition) is 1. The molecule has 0 aliphatic carbocycles. The summed E-state index contributed by atoms with van der Waals surface area (Å²) in [4.78, 5) is 37.6. The van der Waals surface area contributed by atoms with Gasteiger partial charge in [0.15, 0.2) is 11.0 Å². The monoisotopic (exact) mass is 307 g/mol. The number of amidine groups is 1. The first-order valence-electron chi connectivity index (χ1n) is 6.24. The Morgan fingerprint density at radius 3 is 2.71 bits per heavy atom. The summed E-state index contributed by atoms with van der Waals surface area (Å²) in [5.41, 5.74) is 0.334. The van der Waals surface area contributed by atoms with Gasteiger partial charge in [-0.1, -0.05) is 11.8 Å². The molecule has 1 aromatic rings. The quantitative estimate of drug-likeness (QED) is 0.519. The zero-order chi connectivity index (χ0) is 15.4. The molecule has 0 saturated carbocycles. The van der Waals surface area contributed by atoms with Gasteiger partial charge in [0.25, 0.3) is 5.69 Å². The Labute approximate surface area is 125 Å². The highest BCUT2D eigenvalue weighted by atomic mass is 32.2. The van der Waals surface area contributed by atoms with E-state index in [4.69, 9.17) is 0 Å². The largest absolute Gasteiger partial charge is 0.305 e. The van der Waals surface area contributed by atoms with Crippen molar-refractivity contribution in [3.8, 4) is 0 Å². The summed E-state index contributed by atoms with van der Waals surface area (Å²) in [6.45, 7) is 1.83. The number of carbonyl (C=O) groups is 2. The van der Waals surface area contributed by atoms with Crippen molar-refractivity contribution >= 4 is 34.3 Å². The lowest BCUT2D eigenvalue weighted by atomic mass is 10.1. The van der Waals surface area contributed by atoms with E-state index in [1.54, 1.807) is 0 Å². The van der Waals surface area contributed by atoms with E-state index in [1.165, 1.54) is 24.3 Å². The highest BCUT2D eigenvalue weighted by Gasteiger charge is 2.19. The number of rotatable bonds is 4. The van der Waals surface area contributed by atoms with Gasteiger partial charge in [0, 0.05) is 24.1 Å². The molecule has 0 radical (unpaired) electrons. The predicted molar refractivity (Wildman–Crippen MR) is 79.5 cm³/mol. The van der Waals surface area contributed by atoms with Gasteiger partial charge in [0.1, 0.15) is 0 Å². The summed E-state index contributed by atoms with van der Waals surface area (Å²) in [5.74, 6) is -0.170. The van der Waals surface area contributed by atoms with Crippen LogP contribution in [0.3, 0.4) is 0 Å². The maximum Gasteiger partial charge on any atom is 0.269 e. The summed E-state index contributed by atoms with van der Waals surface area (Å²) < 4.78 is 0. The number of benzene rings is 1. The van der Waals surface area contributed by atoms with Crippen molar-refractivity contribution in [2.75, 3.05) is 5.75 Å². The number of nitro groups is 1. The minimum Gasteiger partial charge on any atom is -0.305 e. The first-order valence-corrected chi connectivity index (χ1v) is 7.22. The molecule has 0 fully saturated rings. The molecule has 0 spiro atoms. The summed E-state index contributed by atoms with van der Waals surface area (Å²) in [7, 11) is 0. The molecular weight excluding hydrogens is 294 g/mol. The smallest absolute Gasteiger partial charge is 0.269 e. The molecule has 21 heavy (non-hydrogen) atoms. The van der Waals surface area contributed by atoms with E-state index in [0.29, 0.717) is 17.2 Å². The molecule has 1 amide bonds. The Morgan fingerprint density at radius 1 is 1.48 bits per heavy atom. The van der Waals surface area contributed by atoms with E-state index in [2.05, 4.69) is 10.3 Å². The fourth-order valence-electron chi connectivity index (χ4n) is 1.78. The maximum atomic E-state index is 12.0. The molecule has 7 nitrogen and oxygen atoms in total. The van der Waals surface area contributed by atoms with Crippen LogP contribution in [0.5, 0.6) is 0 Å². The van der Waals surface area contributed by atoms with Crippen LogP contribution in [0.2, 0.25) is 0 Å². The number of nitro benzene ring substituents is 1. The van der Waals surface area contributed by atoms with E-state index in [1.807, 2.05) is 6.92 Å². The molecule has 1 aliphatic rings. The standard InChI is InChI=1S/C13H13N3O4S/c1-8-6-12(18)15-13(14-8)21-7-11(17)9-2-4-10(5-3-9)16(19)20/h2-5,8H,6-7H2,1H3,(H,14,15,18)/t8-/m0/s1. The normalized spacial score (nSPS) is 17.9. The number of amides is 1. The molecule has 2 rings (SSSR count). The molecule has 1 atom stereocenters. The number of carbonyl (C=O) groups excluding carboxylic acids is 2. The molecule has 1 heterocycles. The van der Waals surface area contributed by atoms with Gasteiger partial charge in [-0.25, -0.2) is 0 Å². The average Bonchev–Trinajstić information content (AvgIpc) is 2.44. The van der Waals surface area contributed by atoms with Gasteiger partial charge in [0.2, 0.25) is 5.91 Å². The molecule has 0 bridgehead atoms. The highest BCUT2D eigenvalue weighted by molar-refractivity contribution is 8.14. The Morgan fingerprint density at radius 2 is 2.14 bits per heavy atom. The van der Waals surface area contributed by atoms with Crippen LogP contribution >= 0.6 is 11.8 Å². The molecule has 110 valence electrons. The van der Waals surface area contributed by atoms with Gasteiger partial charge in [-0.15, -0.1) is 0 Å². The third-order valence-electron chi connectivity index (χ3n) is 2.80. The van der Waals surface area contributed by atoms with Crippen LogP contribution in [-0.4, -0.2) is 33.6 Å². The van der Waals surface area contributed by atoms with Gasteiger partial charge < -0.3 is 5.32 Å². The van der Waals surface area contributed by atoms with E-state index in [0.717, 1.165) is 11.8 Å². The van der Waals surface area contributed by atoms with Crippen LogP contribution in [0.15, 0.2) is 29.3 Å².